The number of anilines is 1. The molecule has 8 nitrogen and oxygen atoms in total. The van der Waals surface area contributed by atoms with Crippen LogP contribution >= 0.6 is 22.9 Å². The van der Waals surface area contributed by atoms with Crippen LogP contribution in [-0.2, 0) is 16.6 Å². The highest BCUT2D eigenvalue weighted by molar-refractivity contribution is 7.89. The summed E-state index contributed by atoms with van der Waals surface area (Å²) in [6, 6.07) is 13.0. The first kappa shape index (κ1) is 25.7. The van der Waals surface area contributed by atoms with E-state index in [1.54, 1.807) is 47.8 Å². The van der Waals surface area contributed by atoms with Gasteiger partial charge in [-0.25, -0.2) is 13.4 Å². The first-order valence-electron chi connectivity index (χ1n) is 11.9. The summed E-state index contributed by atoms with van der Waals surface area (Å²) in [6.45, 7) is 2.57. The molecule has 11 heteroatoms. The fourth-order valence-electron chi connectivity index (χ4n) is 4.50. The van der Waals surface area contributed by atoms with Crippen LogP contribution in [-0.4, -0.2) is 43.3 Å². The van der Waals surface area contributed by atoms with E-state index in [1.165, 1.54) is 34.6 Å². The Bertz CT molecular complexity index is 1520. The van der Waals surface area contributed by atoms with Crippen LogP contribution in [0.3, 0.4) is 0 Å². The normalized spacial score (nSPS) is 16.7. The van der Waals surface area contributed by atoms with Crippen molar-refractivity contribution in [1.82, 2.24) is 9.29 Å². The van der Waals surface area contributed by atoms with Crippen molar-refractivity contribution in [1.29, 1.82) is 0 Å². The Labute approximate surface area is 224 Å². The highest BCUT2D eigenvalue weighted by Crippen LogP contribution is 2.39. The molecule has 0 bridgehead atoms. The number of hydrogen-bond acceptors (Lipinski definition) is 7. The van der Waals surface area contributed by atoms with Gasteiger partial charge in [-0.05, 0) is 68.3 Å². The molecule has 0 aliphatic carbocycles. The number of carbonyl (C=O) groups excluding carboxylic acids is 1. The van der Waals surface area contributed by atoms with Gasteiger partial charge in [-0.2, -0.15) is 4.31 Å². The molecule has 5 rings (SSSR count). The third kappa shape index (κ3) is 4.98. The van der Waals surface area contributed by atoms with Crippen LogP contribution in [0.25, 0.3) is 10.2 Å². The summed E-state index contributed by atoms with van der Waals surface area (Å²) >= 11 is 7.68. The Morgan fingerprint density at radius 1 is 1.22 bits per heavy atom. The van der Waals surface area contributed by atoms with Crippen LogP contribution in [0.15, 0.2) is 64.1 Å². The van der Waals surface area contributed by atoms with Gasteiger partial charge in [0.2, 0.25) is 10.0 Å². The van der Waals surface area contributed by atoms with Crippen molar-refractivity contribution >= 4 is 54.2 Å². The Kier molecular flexibility index (Phi) is 7.26. The molecule has 2 aromatic heterocycles. The molecule has 37 heavy (non-hydrogen) atoms. The number of thiazole rings is 1. The number of nitrogens with zero attached hydrogens (tertiary/aromatic N) is 3. The molecule has 3 heterocycles. The fourth-order valence-corrected chi connectivity index (χ4v) is 7.45. The monoisotopic (exact) mass is 559 g/mol. The minimum absolute atomic E-state index is 0.0494. The van der Waals surface area contributed by atoms with Crippen molar-refractivity contribution in [3.8, 4) is 5.75 Å². The standard InChI is InChI=1S/C26H26ClN3O5S2/c1-17-6-3-4-14-30(17)37(32,33)20-10-8-18(9-11-20)25(31)29(16-19-7-5-15-35-19)26-28-23-22(34-2)13-12-21(27)24(23)36-26/h5,7-13,15,17H,3-4,6,14,16H2,1-2H3. The number of hydrogen-bond donors (Lipinski definition) is 0. The lowest BCUT2D eigenvalue weighted by molar-refractivity contribution is 0.0983. The van der Waals surface area contributed by atoms with Crippen molar-refractivity contribution in [2.45, 2.75) is 43.7 Å². The van der Waals surface area contributed by atoms with E-state index in [1.807, 2.05) is 6.92 Å². The van der Waals surface area contributed by atoms with Gasteiger partial charge in [0.25, 0.3) is 5.91 Å². The van der Waals surface area contributed by atoms with E-state index in [9.17, 15) is 13.2 Å². The van der Waals surface area contributed by atoms with Gasteiger partial charge in [0, 0.05) is 18.2 Å². The van der Waals surface area contributed by atoms with Crippen molar-refractivity contribution in [3.05, 3.63) is 71.1 Å². The van der Waals surface area contributed by atoms with E-state index in [0.29, 0.717) is 44.0 Å². The summed E-state index contributed by atoms with van der Waals surface area (Å²) < 4.78 is 39.6. The first-order chi connectivity index (χ1) is 17.8. The maximum absolute atomic E-state index is 13.7. The lowest BCUT2D eigenvalue weighted by Gasteiger charge is -2.32. The number of sulfonamides is 1. The molecule has 0 spiro atoms. The van der Waals surface area contributed by atoms with Gasteiger partial charge in [0.05, 0.1) is 34.5 Å². The van der Waals surface area contributed by atoms with E-state index in [0.717, 1.165) is 19.3 Å². The topological polar surface area (TPSA) is 92.9 Å². The quantitative estimate of drug-likeness (QED) is 0.277. The van der Waals surface area contributed by atoms with Gasteiger partial charge in [-0.3, -0.25) is 9.69 Å². The molecule has 1 saturated heterocycles. The average Bonchev–Trinajstić information content (AvgIpc) is 3.58. The lowest BCUT2D eigenvalue weighted by atomic mass is 10.1. The predicted molar refractivity (Wildman–Crippen MR) is 144 cm³/mol. The molecule has 1 aliphatic heterocycles. The summed E-state index contributed by atoms with van der Waals surface area (Å²) in [6.07, 6.45) is 4.25. The number of methoxy groups -OCH3 is 1. The Balaban J connectivity index is 1.49. The van der Waals surface area contributed by atoms with Crippen molar-refractivity contribution in [3.63, 3.8) is 0 Å². The first-order valence-corrected chi connectivity index (χ1v) is 14.5. The van der Waals surface area contributed by atoms with E-state index < -0.39 is 10.0 Å². The molecule has 1 atom stereocenters. The molecule has 194 valence electrons. The van der Waals surface area contributed by atoms with Crippen LogP contribution in [0.2, 0.25) is 5.02 Å². The molecule has 1 fully saturated rings. The minimum atomic E-state index is -3.64. The molecule has 0 radical (unpaired) electrons. The predicted octanol–water partition coefficient (Wildman–Crippen LogP) is 5.96. The molecular formula is C26H26ClN3O5S2. The number of carbonyl (C=O) groups is 1. The smallest absolute Gasteiger partial charge is 0.260 e. The fraction of sp³-hybridized carbons (Fsp3) is 0.308. The van der Waals surface area contributed by atoms with E-state index in [4.69, 9.17) is 20.8 Å². The number of amides is 1. The van der Waals surface area contributed by atoms with E-state index >= 15 is 0 Å². The van der Waals surface area contributed by atoms with Crippen LogP contribution in [0, 0.1) is 0 Å². The number of furan rings is 1. The number of rotatable bonds is 7. The van der Waals surface area contributed by atoms with Crippen molar-refractivity contribution in [2.75, 3.05) is 18.6 Å². The van der Waals surface area contributed by atoms with Gasteiger partial charge in [-0.15, -0.1) is 0 Å². The van der Waals surface area contributed by atoms with Gasteiger partial charge in [-0.1, -0.05) is 29.4 Å². The van der Waals surface area contributed by atoms with Gasteiger partial charge < -0.3 is 9.15 Å². The SMILES string of the molecule is COc1ccc(Cl)c2sc(N(Cc3ccco3)C(=O)c3ccc(S(=O)(=O)N4CCCCC4C)cc3)nc12. The van der Waals surface area contributed by atoms with Gasteiger partial charge in [0.15, 0.2) is 5.13 Å². The Morgan fingerprint density at radius 3 is 2.68 bits per heavy atom. The van der Waals surface area contributed by atoms with Crippen LogP contribution in [0.5, 0.6) is 5.75 Å². The minimum Gasteiger partial charge on any atom is -0.494 e. The molecule has 2 aromatic carbocycles. The maximum Gasteiger partial charge on any atom is 0.260 e. The van der Waals surface area contributed by atoms with E-state index in [2.05, 4.69) is 4.98 Å². The zero-order valence-corrected chi connectivity index (χ0v) is 22.8. The zero-order valence-electron chi connectivity index (χ0n) is 20.4. The number of benzene rings is 2. The molecular weight excluding hydrogens is 534 g/mol. The number of ether oxygens (including phenoxy) is 1. The third-order valence-electron chi connectivity index (χ3n) is 6.49. The summed E-state index contributed by atoms with van der Waals surface area (Å²) in [7, 11) is -2.09. The van der Waals surface area contributed by atoms with Gasteiger partial charge >= 0.3 is 0 Å². The molecule has 0 saturated carbocycles. The summed E-state index contributed by atoms with van der Waals surface area (Å²) in [5.41, 5.74) is 0.888. The maximum atomic E-state index is 13.7. The highest BCUT2D eigenvalue weighted by atomic mass is 35.5. The number of fused-ring (bicyclic) bond motifs is 1. The Morgan fingerprint density at radius 2 is 2.00 bits per heavy atom. The highest BCUT2D eigenvalue weighted by Gasteiger charge is 2.31. The summed E-state index contributed by atoms with van der Waals surface area (Å²) in [4.78, 5) is 20.1. The van der Waals surface area contributed by atoms with Crippen LogP contribution in [0.1, 0.15) is 42.3 Å². The number of halogens is 1. The second-order valence-corrected chi connectivity index (χ2v) is 12.2. The molecule has 4 aromatic rings. The largest absolute Gasteiger partial charge is 0.494 e. The van der Waals surface area contributed by atoms with E-state index in [-0.39, 0.29) is 23.4 Å². The Hall–Kier alpha value is -2.92. The summed E-state index contributed by atoms with van der Waals surface area (Å²) in [5.74, 6) is 0.776. The number of piperidine rings is 1. The van der Waals surface area contributed by atoms with Crippen LogP contribution in [0.4, 0.5) is 5.13 Å². The van der Waals surface area contributed by atoms with Gasteiger partial charge in [0.1, 0.15) is 17.0 Å². The molecule has 1 unspecified atom stereocenters. The van der Waals surface area contributed by atoms with Crippen LogP contribution < -0.4 is 9.64 Å². The van der Waals surface area contributed by atoms with Crippen molar-refractivity contribution in [2.24, 2.45) is 0 Å². The molecule has 1 amide bonds. The lowest BCUT2D eigenvalue weighted by Crippen LogP contribution is -2.41. The second-order valence-electron chi connectivity index (χ2n) is 8.88. The number of aromatic nitrogens is 1. The average molecular weight is 560 g/mol. The molecule has 1 aliphatic rings. The zero-order chi connectivity index (χ0) is 26.2. The summed E-state index contributed by atoms with van der Waals surface area (Å²) in [5, 5.41) is 0.924. The molecule has 0 N–H and O–H groups in total. The second kappa shape index (κ2) is 10.4. The van der Waals surface area contributed by atoms with Crippen molar-refractivity contribution < 1.29 is 22.4 Å². The third-order valence-corrected chi connectivity index (χ3v) is 10.1.